The lowest BCUT2D eigenvalue weighted by molar-refractivity contribution is -0.157. The van der Waals surface area contributed by atoms with Gasteiger partial charge in [-0.15, -0.1) is 0 Å². The highest BCUT2D eigenvalue weighted by molar-refractivity contribution is 5.92. The Hall–Kier alpha value is -3.14. The molecule has 0 fully saturated rings. The molecule has 36 heavy (non-hydrogen) atoms. The van der Waals surface area contributed by atoms with Gasteiger partial charge in [-0.05, 0) is 56.0 Å². The zero-order chi connectivity index (χ0) is 26.1. The highest BCUT2D eigenvalue weighted by Crippen LogP contribution is 2.41. The van der Waals surface area contributed by atoms with E-state index >= 15 is 0 Å². The molecule has 192 valence electrons. The van der Waals surface area contributed by atoms with Gasteiger partial charge in [0, 0.05) is 29.1 Å². The molecule has 9 heteroatoms. The van der Waals surface area contributed by atoms with Crippen LogP contribution < -0.4 is 10.9 Å². The van der Waals surface area contributed by atoms with E-state index in [0.29, 0.717) is 41.1 Å². The number of aromatic nitrogens is 2. The van der Waals surface area contributed by atoms with Crippen molar-refractivity contribution in [3.8, 4) is 11.4 Å². The topological polar surface area (TPSA) is 114 Å². The summed E-state index contributed by atoms with van der Waals surface area (Å²) in [6.45, 7) is 6.97. The zero-order valence-electron chi connectivity index (χ0n) is 21.1. The predicted molar refractivity (Wildman–Crippen MR) is 134 cm³/mol. The van der Waals surface area contributed by atoms with Gasteiger partial charge >= 0.3 is 5.97 Å². The molecular weight excluding hydrogens is 465 g/mol. The van der Waals surface area contributed by atoms with Crippen LogP contribution in [0.25, 0.3) is 22.3 Å². The van der Waals surface area contributed by atoms with Gasteiger partial charge < -0.3 is 24.8 Å². The number of likely N-dealkylation sites (N-methyl/N-ethyl adjacent to an activating group) is 1. The van der Waals surface area contributed by atoms with Crippen molar-refractivity contribution in [3.63, 3.8) is 0 Å². The van der Waals surface area contributed by atoms with E-state index in [-0.39, 0.29) is 30.2 Å². The number of aliphatic hydroxyl groups excluding tert-OH is 2. The number of hydrogen-bond donors (Lipinski definition) is 3. The van der Waals surface area contributed by atoms with Crippen molar-refractivity contribution < 1.29 is 24.1 Å². The molecule has 1 aromatic carbocycles. The van der Waals surface area contributed by atoms with Gasteiger partial charge in [0.2, 0.25) is 0 Å². The molecule has 1 atom stereocenters. The number of aryl methyl sites for hydroxylation is 2. The van der Waals surface area contributed by atoms with E-state index in [0.717, 1.165) is 41.3 Å². The number of nitrogens with one attached hydrogen (secondary N) is 1. The maximum absolute atomic E-state index is 14.5. The first-order valence-electron chi connectivity index (χ1n) is 12.4. The first kappa shape index (κ1) is 25.9. The number of fused-ring (bicyclic) bond motifs is 5. The molecule has 3 aromatic rings. The molecule has 0 saturated carbocycles. The van der Waals surface area contributed by atoms with Crippen LogP contribution in [0.5, 0.6) is 0 Å². The number of hydrogen-bond acceptors (Lipinski definition) is 7. The third-order valence-electron chi connectivity index (χ3n) is 6.90. The van der Waals surface area contributed by atoms with E-state index in [2.05, 4.69) is 5.32 Å². The van der Waals surface area contributed by atoms with Gasteiger partial charge in [-0.25, -0.2) is 14.2 Å². The maximum atomic E-state index is 14.5. The standard InChI is InChI=1S/C22H17FN2O4.C3H9NO.C2H6/c1-9-10-3-2-4-11-13-7-25-17(19(13)24-16(18(10)11)6-15(9)23)5-12-14(21(25)27)8-29-22(28)20(12)26;1-4-2-3-5;1-2/h5-6,20,26H,2-4,7-8H2,1H3;4-5H,2-3H2,1H3;1-2H3. The third kappa shape index (κ3) is 4.11. The molecule has 3 N–H and O–H groups in total. The molecule has 8 nitrogen and oxygen atoms in total. The summed E-state index contributed by atoms with van der Waals surface area (Å²) in [6.07, 6.45) is 1.12. The number of cyclic esters (lactones) is 1. The summed E-state index contributed by atoms with van der Waals surface area (Å²) in [5.74, 6) is -1.03. The van der Waals surface area contributed by atoms with Crippen molar-refractivity contribution >= 4 is 16.9 Å². The summed E-state index contributed by atoms with van der Waals surface area (Å²) in [4.78, 5) is 29.6. The molecule has 1 unspecified atom stereocenters. The van der Waals surface area contributed by atoms with Crippen molar-refractivity contribution in [2.24, 2.45) is 0 Å². The fourth-order valence-corrected chi connectivity index (χ4v) is 5.18. The highest BCUT2D eigenvalue weighted by atomic mass is 19.1. The second-order valence-corrected chi connectivity index (χ2v) is 8.82. The average Bonchev–Trinajstić information content (AvgIpc) is 3.26. The summed E-state index contributed by atoms with van der Waals surface area (Å²) in [5.41, 5.74) is 5.86. The second-order valence-electron chi connectivity index (χ2n) is 8.82. The molecule has 6 rings (SSSR count). The van der Waals surface area contributed by atoms with E-state index < -0.39 is 12.1 Å². The molecule has 3 aliphatic rings. The van der Waals surface area contributed by atoms with Gasteiger partial charge in [-0.2, -0.15) is 0 Å². The Morgan fingerprint density at radius 1 is 1.17 bits per heavy atom. The van der Waals surface area contributed by atoms with Gasteiger partial charge in [0.05, 0.1) is 35.6 Å². The van der Waals surface area contributed by atoms with Crippen LogP contribution in [0, 0.1) is 12.7 Å². The van der Waals surface area contributed by atoms with E-state index in [9.17, 15) is 19.1 Å². The molecule has 0 amide bonds. The minimum atomic E-state index is -1.48. The molecule has 2 aliphatic heterocycles. The summed E-state index contributed by atoms with van der Waals surface area (Å²) in [6, 6.07) is 3.13. The summed E-state index contributed by atoms with van der Waals surface area (Å²) >= 11 is 0. The lowest BCUT2D eigenvalue weighted by atomic mass is 9.85. The molecule has 1 aliphatic carbocycles. The SMILES string of the molecule is CC.CNCCO.Cc1c(F)cc2nc3c(c4c2c1CCC4)Cn1c-3cc2c(c1=O)COC(=O)C2O. The van der Waals surface area contributed by atoms with E-state index in [1.807, 2.05) is 13.8 Å². The fourth-order valence-electron chi connectivity index (χ4n) is 5.18. The minimum Gasteiger partial charge on any atom is -0.458 e. The normalized spacial score (nSPS) is 16.6. The first-order chi connectivity index (χ1) is 17.4. The summed E-state index contributed by atoms with van der Waals surface area (Å²) < 4.78 is 21.1. The molecule has 0 radical (unpaired) electrons. The number of nitrogens with zero attached hydrogens (tertiary/aromatic N) is 2. The first-order valence-corrected chi connectivity index (χ1v) is 12.4. The van der Waals surface area contributed by atoms with Crippen LogP contribution in [-0.2, 0) is 35.5 Å². The zero-order valence-corrected chi connectivity index (χ0v) is 21.1. The predicted octanol–water partition coefficient (Wildman–Crippen LogP) is 2.68. The maximum Gasteiger partial charge on any atom is 0.340 e. The Kier molecular flexibility index (Phi) is 7.54. The van der Waals surface area contributed by atoms with Crippen LogP contribution in [0.1, 0.15) is 59.8 Å². The van der Waals surface area contributed by atoms with Gasteiger partial charge in [0.1, 0.15) is 12.4 Å². The van der Waals surface area contributed by atoms with Crippen molar-refractivity contribution in [2.75, 3.05) is 20.2 Å². The lowest BCUT2D eigenvalue weighted by Crippen LogP contribution is -2.32. The van der Waals surface area contributed by atoms with Crippen LogP contribution in [0.2, 0.25) is 0 Å². The Morgan fingerprint density at radius 2 is 1.89 bits per heavy atom. The number of ether oxygens (including phenoxy) is 1. The quantitative estimate of drug-likeness (QED) is 0.365. The average molecular weight is 498 g/mol. The Labute approximate surface area is 208 Å². The van der Waals surface area contributed by atoms with Crippen LogP contribution in [0.15, 0.2) is 16.9 Å². The van der Waals surface area contributed by atoms with Crippen LogP contribution in [0.3, 0.4) is 0 Å². The van der Waals surface area contributed by atoms with Crippen molar-refractivity contribution in [1.29, 1.82) is 0 Å². The van der Waals surface area contributed by atoms with Crippen LogP contribution >= 0.6 is 0 Å². The van der Waals surface area contributed by atoms with E-state index in [4.69, 9.17) is 14.8 Å². The number of pyridine rings is 2. The lowest BCUT2D eigenvalue weighted by Gasteiger charge is -2.22. The number of aliphatic hydroxyl groups is 2. The smallest absolute Gasteiger partial charge is 0.340 e. The number of rotatable bonds is 2. The van der Waals surface area contributed by atoms with Crippen molar-refractivity contribution in [3.05, 3.63) is 61.7 Å². The van der Waals surface area contributed by atoms with Crippen molar-refractivity contribution in [2.45, 2.75) is 59.3 Å². The van der Waals surface area contributed by atoms with Gasteiger partial charge in [-0.1, -0.05) is 13.8 Å². The monoisotopic (exact) mass is 497 g/mol. The van der Waals surface area contributed by atoms with E-state index in [1.165, 1.54) is 6.07 Å². The number of carbonyl (C=O) groups is 1. The van der Waals surface area contributed by atoms with Crippen LogP contribution in [0.4, 0.5) is 4.39 Å². The molecule has 4 heterocycles. The summed E-state index contributed by atoms with van der Waals surface area (Å²) in [5, 5.41) is 22.0. The molecule has 2 aromatic heterocycles. The Morgan fingerprint density at radius 3 is 2.56 bits per heavy atom. The Balaban J connectivity index is 0.000000391. The minimum absolute atomic E-state index is 0.141. The highest BCUT2D eigenvalue weighted by Gasteiger charge is 2.35. The van der Waals surface area contributed by atoms with Gasteiger partial charge in [-0.3, -0.25) is 4.79 Å². The van der Waals surface area contributed by atoms with Crippen LogP contribution in [-0.4, -0.2) is 45.9 Å². The number of halogens is 1. The molecule has 0 spiro atoms. The number of esters is 1. The summed E-state index contributed by atoms with van der Waals surface area (Å²) in [7, 11) is 1.80. The van der Waals surface area contributed by atoms with Crippen molar-refractivity contribution in [1.82, 2.24) is 14.9 Å². The fraction of sp³-hybridized carbons (Fsp3) is 0.444. The van der Waals surface area contributed by atoms with E-state index in [1.54, 1.807) is 24.6 Å². The molecular formula is C27H32FN3O5. The van der Waals surface area contributed by atoms with Gasteiger partial charge in [0.25, 0.3) is 5.56 Å². The molecule has 0 saturated heterocycles. The number of benzene rings is 1. The third-order valence-corrected chi connectivity index (χ3v) is 6.90. The second kappa shape index (κ2) is 10.5. The molecule has 0 bridgehead atoms. The Bertz CT molecular complexity index is 1400. The largest absolute Gasteiger partial charge is 0.458 e. The number of carbonyl (C=O) groups excluding carboxylic acids is 1. The van der Waals surface area contributed by atoms with Gasteiger partial charge in [0.15, 0.2) is 6.10 Å².